The zero-order valence-corrected chi connectivity index (χ0v) is 12.1. The lowest BCUT2D eigenvalue weighted by molar-refractivity contribution is -0.131. The van der Waals surface area contributed by atoms with Crippen molar-refractivity contribution in [1.82, 2.24) is 9.88 Å². The number of nitrogen functional groups attached to an aromatic ring is 1. The van der Waals surface area contributed by atoms with Gasteiger partial charge < -0.3 is 10.6 Å². The minimum atomic E-state index is -0.340. The van der Waals surface area contributed by atoms with E-state index in [0.717, 1.165) is 0 Å². The van der Waals surface area contributed by atoms with Crippen LogP contribution in [0.5, 0.6) is 0 Å². The second kappa shape index (κ2) is 6.35. The van der Waals surface area contributed by atoms with Crippen LogP contribution in [0.1, 0.15) is 24.2 Å². The predicted octanol–water partition coefficient (Wildman–Crippen LogP) is 2.57. The Balaban J connectivity index is 2.08. The molecule has 1 aromatic carbocycles. The largest absolute Gasteiger partial charge is 0.397 e. The first-order valence-electron chi connectivity index (χ1n) is 6.69. The van der Waals surface area contributed by atoms with Crippen molar-refractivity contribution < 1.29 is 9.18 Å². The van der Waals surface area contributed by atoms with Crippen molar-refractivity contribution in [2.45, 2.75) is 19.4 Å². The van der Waals surface area contributed by atoms with E-state index >= 15 is 0 Å². The number of likely N-dealkylation sites (N-methyl/N-ethyl adjacent to an activating group) is 1. The van der Waals surface area contributed by atoms with E-state index in [2.05, 4.69) is 4.98 Å². The van der Waals surface area contributed by atoms with E-state index in [9.17, 15) is 9.18 Å². The molecule has 21 heavy (non-hydrogen) atoms. The van der Waals surface area contributed by atoms with Gasteiger partial charge in [0.1, 0.15) is 5.82 Å². The van der Waals surface area contributed by atoms with E-state index in [1.165, 1.54) is 17.2 Å². The number of nitrogens with zero attached hydrogens (tertiary/aromatic N) is 2. The van der Waals surface area contributed by atoms with Gasteiger partial charge in [-0.3, -0.25) is 9.78 Å². The van der Waals surface area contributed by atoms with Crippen molar-refractivity contribution in [1.29, 1.82) is 0 Å². The fourth-order valence-electron chi connectivity index (χ4n) is 2.06. The Hall–Kier alpha value is -2.43. The Morgan fingerprint density at radius 3 is 2.67 bits per heavy atom. The predicted molar refractivity (Wildman–Crippen MR) is 79.9 cm³/mol. The molecule has 1 atom stereocenters. The summed E-state index contributed by atoms with van der Waals surface area (Å²) >= 11 is 0. The summed E-state index contributed by atoms with van der Waals surface area (Å²) < 4.78 is 13.8. The summed E-state index contributed by atoms with van der Waals surface area (Å²) in [6.07, 6.45) is 1.68. The molecule has 0 fully saturated rings. The van der Waals surface area contributed by atoms with Gasteiger partial charge in [-0.05, 0) is 25.1 Å². The molecule has 1 amide bonds. The van der Waals surface area contributed by atoms with E-state index < -0.39 is 0 Å². The van der Waals surface area contributed by atoms with Crippen LogP contribution in [-0.2, 0) is 11.2 Å². The van der Waals surface area contributed by atoms with Gasteiger partial charge in [-0.25, -0.2) is 4.39 Å². The highest BCUT2D eigenvalue weighted by atomic mass is 19.1. The topological polar surface area (TPSA) is 59.2 Å². The van der Waals surface area contributed by atoms with Gasteiger partial charge in [0.2, 0.25) is 5.91 Å². The van der Waals surface area contributed by atoms with Crippen LogP contribution in [0.2, 0.25) is 0 Å². The molecule has 2 N–H and O–H groups in total. The highest BCUT2D eigenvalue weighted by molar-refractivity contribution is 5.78. The lowest BCUT2D eigenvalue weighted by Crippen LogP contribution is -2.31. The van der Waals surface area contributed by atoms with Gasteiger partial charge in [0, 0.05) is 18.3 Å². The van der Waals surface area contributed by atoms with E-state index in [1.807, 2.05) is 0 Å². The highest BCUT2D eigenvalue weighted by Gasteiger charge is 2.20. The minimum Gasteiger partial charge on any atom is -0.397 e. The molecule has 1 aromatic heterocycles. The van der Waals surface area contributed by atoms with Gasteiger partial charge in [0.25, 0.3) is 0 Å². The van der Waals surface area contributed by atoms with Crippen LogP contribution in [0.3, 0.4) is 0 Å². The Labute approximate surface area is 123 Å². The summed E-state index contributed by atoms with van der Waals surface area (Å²) in [5, 5.41) is 0. The Morgan fingerprint density at radius 1 is 1.33 bits per heavy atom. The molecule has 0 aliphatic heterocycles. The Kier molecular flexibility index (Phi) is 4.52. The molecule has 0 aliphatic carbocycles. The number of hydrogen-bond donors (Lipinski definition) is 1. The summed E-state index contributed by atoms with van der Waals surface area (Å²) in [7, 11) is 1.66. The molecule has 0 aliphatic rings. The van der Waals surface area contributed by atoms with Crippen molar-refractivity contribution >= 4 is 11.6 Å². The number of rotatable bonds is 4. The van der Waals surface area contributed by atoms with Gasteiger partial charge in [-0.1, -0.05) is 18.2 Å². The second-order valence-corrected chi connectivity index (χ2v) is 4.96. The van der Waals surface area contributed by atoms with Crippen LogP contribution in [0.25, 0.3) is 0 Å². The lowest BCUT2D eigenvalue weighted by atomic mass is 10.1. The number of benzene rings is 1. The van der Waals surface area contributed by atoms with E-state index in [-0.39, 0.29) is 24.2 Å². The average Bonchev–Trinajstić information content (AvgIpc) is 2.48. The molecule has 1 unspecified atom stereocenters. The number of hydrogen-bond acceptors (Lipinski definition) is 3. The lowest BCUT2D eigenvalue weighted by Gasteiger charge is -2.25. The molecule has 0 spiro atoms. The number of carbonyl (C=O) groups excluding carboxylic acids is 1. The average molecular weight is 287 g/mol. The number of pyridine rings is 1. The van der Waals surface area contributed by atoms with Crippen molar-refractivity contribution in [3.63, 3.8) is 0 Å². The van der Waals surface area contributed by atoms with Gasteiger partial charge in [0.15, 0.2) is 0 Å². The first-order valence-corrected chi connectivity index (χ1v) is 6.69. The zero-order chi connectivity index (χ0) is 15.4. The van der Waals surface area contributed by atoms with Gasteiger partial charge in [-0.2, -0.15) is 0 Å². The number of amides is 1. The number of carbonyl (C=O) groups is 1. The first-order chi connectivity index (χ1) is 9.99. The van der Waals surface area contributed by atoms with E-state index in [0.29, 0.717) is 16.9 Å². The summed E-state index contributed by atoms with van der Waals surface area (Å²) in [5.74, 6) is -0.432. The molecule has 110 valence electrons. The molecule has 0 radical (unpaired) electrons. The molecule has 5 heteroatoms. The maximum Gasteiger partial charge on any atom is 0.228 e. The zero-order valence-electron chi connectivity index (χ0n) is 12.1. The molecule has 0 bridgehead atoms. The molecular formula is C16H18FN3O. The second-order valence-electron chi connectivity index (χ2n) is 4.96. The third-order valence-electron chi connectivity index (χ3n) is 3.51. The third-order valence-corrected chi connectivity index (χ3v) is 3.51. The van der Waals surface area contributed by atoms with E-state index in [1.54, 1.807) is 44.3 Å². The van der Waals surface area contributed by atoms with Crippen LogP contribution in [0.4, 0.5) is 10.1 Å². The Morgan fingerprint density at radius 2 is 2.05 bits per heavy atom. The van der Waals surface area contributed by atoms with Crippen molar-refractivity contribution in [3.8, 4) is 0 Å². The van der Waals surface area contributed by atoms with Gasteiger partial charge >= 0.3 is 0 Å². The van der Waals surface area contributed by atoms with Crippen LogP contribution >= 0.6 is 0 Å². The van der Waals surface area contributed by atoms with Crippen LogP contribution < -0.4 is 5.73 Å². The first kappa shape index (κ1) is 15.0. The number of halogens is 1. The normalized spacial score (nSPS) is 12.0. The quantitative estimate of drug-likeness (QED) is 0.940. The van der Waals surface area contributed by atoms with E-state index in [4.69, 9.17) is 5.73 Å². The number of anilines is 1. The van der Waals surface area contributed by atoms with Crippen molar-refractivity contribution in [2.24, 2.45) is 0 Å². The Bertz CT molecular complexity index is 628. The third kappa shape index (κ3) is 3.56. The molecule has 0 saturated heterocycles. The molecule has 4 nitrogen and oxygen atoms in total. The maximum absolute atomic E-state index is 13.8. The smallest absolute Gasteiger partial charge is 0.228 e. The molecule has 2 aromatic rings. The summed E-state index contributed by atoms with van der Waals surface area (Å²) in [6.45, 7) is 1.80. The fraction of sp³-hybridized carbons (Fsp3) is 0.250. The monoisotopic (exact) mass is 287 g/mol. The minimum absolute atomic E-state index is 0.122. The summed E-state index contributed by atoms with van der Waals surface area (Å²) in [5.41, 5.74) is 7.25. The molecule has 0 saturated carbocycles. The maximum atomic E-state index is 13.8. The van der Waals surface area contributed by atoms with Gasteiger partial charge in [0.05, 0.1) is 24.3 Å². The summed E-state index contributed by atoms with van der Waals surface area (Å²) in [6, 6.07) is 9.55. The van der Waals surface area contributed by atoms with Crippen LogP contribution in [0, 0.1) is 5.82 Å². The van der Waals surface area contributed by atoms with Gasteiger partial charge in [-0.15, -0.1) is 0 Å². The molecule has 1 heterocycles. The number of nitrogens with two attached hydrogens (primary N) is 1. The fourth-order valence-corrected chi connectivity index (χ4v) is 2.06. The number of aromatic nitrogens is 1. The highest BCUT2D eigenvalue weighted by Crippen LogP contribution is 2.22. The van der Waals surface area contributed by atoms with Crippen LogP contribution in [0.15, 0.2) is 42.6 Å². The standard InChI is InChI=1S/C16H18FN3O/c1-11(14-5-3-4-6-15(14)17)20(2)16(21)9-13-8-7-12(18)10-19-13/h3-8,10-11H,9,18H2,1-2H3. The SMILES string of the molecule is CC(c1ccccc1F)N(C)C(=O)Cc1ccc(N)cn1. The van der Waals surface area contributed by atoms with Crippen molar-refractivity contribution in [3.05, 3.63) is 59.7 Å². The molecule has 2 rings (SSSR count). The van der Waals surface area contributed by atoms with Crippen molar-refractivity contribution in [2.75, 3.05) is 12.8 Å². The molecular weight excluding hydrogens is 269 g/mol. The summed E-state index contributed by atoms with van der Waals surface area (Å²) in [4.78, 5) is 17.9. The van der Waals surface area contributed by atoms with Crippen LogP contribution in [-0.4, -0.2) is 22.8 Å².